The van der Waals surface area contributed by atoms with E-state index >= 15 is 4.39 Å². The van der Waals surface area contributed by atoms with Crippen LogP contribution in [0.2, 0.25) is 0 Å². The summed E-state index contributed by atoms with van der Waals surface area (Å²) in [6.07, 6.45) is 2.22. The predicted molar refractivity (Wildman–Crippen MR) is 155 cm³/mol. The summed E-state index contributed by atoms with van der Waals surface area (Å²) in [6.45, 7) is 1.11. The summed E-state index contributed by atoms with van der Waals surface area (Å²) in [7, 11) is 1.43. The van der Waals surface area contributed by atoms with E-state index in [9.17, 15) is 19.1 Å². The van der Waals surface area contributed by atoms with Crippen molar-refractivity contribution in [3.63, 3.8) is 0 Å². The van der Waals surface area contributed by atoms with E-state index in [2.05, 4.69) is 31.2 Å². The van der Waals surface area contributed by atoms with E-state index in [0.29, 0.717) is 17.0 Å². The summed E-state index contributed by atoms with van der Waals surface area (Å²) in [6, 6.07) is 6.95. The van der Waals surface area contributed by atoms with E-state index in [1.54, 1.807) is 19.2 Å². The summed E-state index contributed by atoms with van der Waals surface area (Å²) >= 11 is 2.89. The van der Waals surface area contributed by atoms with E-state index < -0.39 is 39.4 Å². The van der Waals surface area contributed by atoms with Gasteiger partial charge in [-0.3, -0.25) is 14.6 Å². The lowest BCUT2D eigenvalue weighted by Crippen LogP contribution is -2.40. The molecule has 2 aromatic carbocycles. The number of anilines is 1. The third kappa shape index (κ3) is 5.41. The number of carbonyl (C=O) groups excluding carboxylic acids is 2. The minimum Gasteiger partial charge on any atom is -0.495 e. The molecule has 3 aromatic rings. The molecule has 1 aliphatic heterocycles. The number of amides is 2. The number of fused-ring (bicyclic) bond motifs is 1. The van der Waals surface area contributed by atoms with Crippen LogP contribution < -0.4 is 26.3 Å². The van der Waals surface area contributed by atoms with Crippen LogP contribution in [0.1, 0.15) is 53.0 Å². The maximum absolute atomic E-state index is 15.1. The molecule has 1 unspecified atom stereocenters. The molecule has 0 saturated heterocycles. The number of aliphatic hydroxyl groups is 1. The fourth-order valence-electron chi connectivity index (χ4n) is 4.53. The summed E-state index contributed by atoms with van der Waals surface area (Å²) in [4.78, 5) is 34.3. The van der Waals surface area contributed by atoms with Gasteiger partial charge in [0.1, 0.15) is 47.0 Å². The monoisotopic (exact) mass is 643 g/mol. The third-order valence-electron chi connectivity index (χ3n) is 7.35. The van der Waals surface area contributed by atoms with Gasteiger partial charge < -0.3 is 31.4 Å². The van der Waals surface area contributed by atoms with Crippen molar-refractivity contribution in [3.05, 3.63) is 68.8 Å². The van der Waals surface area contributed by atoms with Gasteiger partial charge in [-0.15, -0.1) is 0 Å². The number of nitrogens with zero attached hydrogens (tertiary/aromatic N) is 2. The molecule has 10 nitrogen and oxygen atoms in total. The van der Waals surface area contributed by atoms with Gasteiger partial charge in [0.05, 0.1) is 29.0 Å². The molecule has 2 atom stereocenters. The van der Waals surface area contributed by atoms with Crippen LogP contribution in [-0.2, 0) is 10.2 Å². The Morgan fingerprint density at radius 1 is 1.33 bits per heavy atom. The minimum absolute atomic E-state index is 0.00835. The number of carbonyl (C=O) groups is 2. The van der Waals surface area contributed by atoms with Crippen molar-refractivity contribution >= 4 is 39.6 Å². The fourth-order valence-corrected chi connectivity index (χ4v) is 4.88. The number of benzene rings is 2. The highest BCUT2D eigenvalue weighted by Crippen LogP contribution is 2.46. The van der Waals surface area contributed by atoms with Crippen molar-refractivity contribution in [3.8, 4) is 22.8 Å². The number of halogens is 3. The number of pyridine rings is 1. The lowest BCUT2D eigenvalue weighted by atomic mass is 9.83. The number of aliphatic hydroxyl groups excluding tert-OH is 1. The lowest BCUT2D eigenvalue weighted by Gasteiger charge is -2.20. The van der Waals surface area contributed by atoms with Crippen LogP contribution in [-0.4, -0.2) is 54.4 Å². The molecular formula is C29H28BrF2N5O5. The molecule has 1 aromatic heterocycles. The second kappa shape index (κ2) is 11.3. The minimum atomic E-state index is -1.39. The van der Waals surface area contributed by atoms with Crippen LogP contribution in [0.15, 0.2) is 39.8 Å². The van der Waals surface area contributed by atoms with Crippen molar-refractivity contribution in [2.45, 2.75) is 37.3 Å². The van der Waals surface area contributed by atoms with Crippen LogP contribution >= 0.6 is 15.9 Å². The number of nitrogen functional groups attached to an aromatic ring is 1. The number of primary amides is 1. The average Bonchev–Trinajstić information content (AvgIpc) is 3.74. The number of nitrogens with one attached hydrogen (secondary N) is 1. The zero-order valence-corrected chi connectivity index (χ0v) is 24.3. The maximum Gasteiger partial charge on any atom is 0.251 e. The Labute approximate surface area is 248 Å². The molecule has 2 aliphatic rings. The standard InChI is InChI=1S/C29H28BrF2N5O5/c1-29(28(34)40)12-42-26-17(29)9-19(37-25(26)16-5-6-18(31)22(30)23(16)32)20(38)11-36-27(39)13-7-14(10-35-15-3-4-15)24(33)21(8-13)41-2/h5-10,15,20,38H,3-4,11-12,33H2,1-2H3,(H2,34,40)(H,36,39)/t20?,29-/m0/s1. The maximum atomic E-state index is 15.1. The fraction of sp³-hybridized carbons (Fsp3) is 0.310. The van der Waals surface area contributed by atoms with Gasteiger partial charge >= 0.3 is 0 Å². The van der Waals surface area contributed by atoms with Gasteiger partial charge in [-0.05, 0) is 66.0 Å². The van der Waals surface area contributed by atoms with Gasteiger partial charge in [0.2, 0.25) is 5.91 Å². The van der Waals surface area contributed by atoms with Crippen molar-refractivity contribution in [2.24, 2.45) is 10.7 Å². The van der Waals surface area contributed by atoms with Gasteiger partial charge in [-0.2, -0.15) is 0 Å². The number of nitrogens with two attached hydrogens (primary N) is 2. The Bertz CT molecular complexity index is 1630. The quantitative estimate of drug-likeness (QED) is 0.157. The van der Waals surface area contributed by atoms with Crippen molar-refractivity contribution in [1.29, 1.82) is 0 Å². The molecule has 220 valence electrons. The van der Waals surface area contributed by atoms with Crippen LogP contribution in [0.5, 0.6) is 11.5 Å². The van der Waals surface area contributed by atoms with Gasteiger partial charge in [0, 0.05) is 35.0 Å². The number of ether oxygens (including phenoxy) is 2. The molecule has 0 radical (unpaired) electrons. The van der Waals surface area contributed by atoms with Gasteiger partial charge in [-0.1, -0.05) is 0 Å². The highest BCUT2D eigenvalue weighted by Gasteiger charge is 2.44. The zero-order chi connectivity index (χ0) is 30.3. The first-order valence-corrected chi connectivity index (χ1v) is 13.8. The number of aliphatic imine (C=N–C) groups is 1. The summed E-state index contributed by atoms with van der Waals surface area (Å²) in [5.74, 6) is -2.62. The first kappa shape index (κ1) is 29.4. The van der Waals surface area contributed by atoms with E-state index in [1.165, 1.54) is 25.3 Å². The Morgan fingerprint density at radius 3 is 2.74 bits per heavy atom. The van der Waals surface area contributed by atoms with Gasteiger partial charge in [-0.25, -0.2) is 13.8 Å². The zero-order valence-electron chi connectivity index (χ0n) is 22.7. The first-order chi connectivity index (χ1) is 19.9. The Balaban J connectivity index is 1.46. The molecule has 1 saturated carbocycles. The summed E-state index contributed by atoms with van der Waals surface area (Å²) < 4.78 is 39.8. The highest BCUT2D eigenvalue weighted by molar-refractivity contribution is 9.10. The van der Waals surface area contributed by atoms with E-state index in [0.717, 1.165) is 18.9 Å². The van der Waals surface area contributed by atoms with Gasteiger partial charge in [0.25, 0.3) is 5.91 Å². The van der Waals surface area contributed by atoms with E-state index in [-0.39, 0.29) is 53.0 Å². The molecular weight excluding hydrogens is 616 g/mol. The second-order valence-electron chi connectivity index (χ2n) is 10.4. The molecule has 42 heavy (non-hydrogen) atoms. The number of rotatable bonds is 9. The molecule has 0 spiro atoms. The number of hydrogen-bond acceptors (Lipinski definition) is 8. The number of methoxy groups -OCH3 is 1. The first-order valence-electron chi connectivity index (χ1n) is 13.0. The molecule has 1 fully saturated rings. The smallest absolute Gasteiger partial charge is 0.251 e. The van der Waals surface area contributed by atoms with Crippen LogP contribution in [0.25, 0.3) is 11.3 Å². The normalized spacial score (nSPS) is 18.4. The Kier molecular flexibility index (Phi) is 7.90. The van der Waals surface area contributed by atoms with Gasteiger partial charge in [0.15, 0.2) is 0 Å². The van der Waals surface area contributed by atoms with E-state index in [1.807, 2.05) is 0 Å². The average molecular weight is 644 g/mol. The predicted octanol–water partition coefficient (Wildman–Crippen LogP) is 3.56. The van der Waals surface area contributed by atoms with Crippen LogP contribution in [0.4, 0.5) is 14.5 Å². The van der Waals surface area contributed by atoms with Crippen LogP contribution in [0.3, 0.4) is 0 Å². The van der Waals surface area contributed by atoms with Crippen molar-refractivity contribution < 1.29 is 33.0 Å². The molecule has 0 bridgehead atoms. The van der Waals surface area contributed by atoms with Crippen molar-refractivity contribution in [1.82, 2.24) is 10.3 Å². The Morgan fingerprint density at radius 2 is 2.07 bits per heavy atom. The molecule has 2 amide bonds. The lowest BCUT2D eigenvalue weighted by molar-refractivity contribution is -0.123. The molecule has 5 rings (SSSR count). The third-order valence-corrected chi connectivity index (χ3v) is 8.08. The number of aromatic nitrogens is 1. The number of hydrogen-bond donors (Lipinski definition) is 4. The highest BCUT2D eigenvalue weighted by atomic mass is 79.9. The largest absolute Gasteiger partial charge is 0.495 e. The van der Waals surface area contributed by atoms with Crippen LogP contribution in [0, 0.1) is 11.6 Å². The summed E-state index contributed by atoms with van der Waals surface area (Å²) in [5, 5.41) is 13.7. The second-order valence-corrected chi connectivity index (χ2v) is 11.2. The summed E-state index contributed by atoms with van der Waals surface area (Å²) in [5.41, 5.74) is 11.7. The Hall–Kier alpha value is -4.10. The molecule has 6 N–H and O–H groups in total. The van der Waals surface area contributed by atoms with Crippen molar-refractivity contribution in [2.75, 3.05) is 26.0 Å². The molecule has 2 heterocycles. The molecule has 1 aliphatic carbocycles. The van der Waals surface area contributed by atoms with E-state index in [4.69, 9.17) is 20.9 Å². The molecule has 13 heteroatoms. The SMILES string of the molecule is COc1cc(C(=O)NCC(O)c2cc3c(c(-c4ccc(F)c(Br)c4F)n2)OC[C@]3(C)C(N)=O)cc(C=NC2CC2)c1N. The topological polar surface area (TPSA) is 162 Å².